The third-order valence-electron chi connectivity index (χ3n) is 5.18. The number of aryl methyl sites for hydroxylation is 2. The normalized spacial score (nSPS) is 11.4. The molecule has 0 aliphatic heterocycles. The van der Waals surface area contributed by atoms with Gasteiger partial charge >= 0.3 is 0 Å². The van der Waals surface area contributed by atoms with Gasteiger partial charge in [0.1, 0.15) is 12.4 Å². The van der Waals surface area contributed by atoms with E-state index in [9.17, 15) is 0 Å². The van der Waals surface area contributed by atoms with E-state index in [4.69, 9.17) is 9.15 Å². The number of nitrogens with zero attached hydrogens (tertiary/aromatic N) is 5. The lowest BCUT2D eigenvalue weighted by Crippen LogP contribution is -2.10. The molecule has 0 fully saturated rings. The quantitative estimate of drug-likeness (QED) is 0.236. The molecule has 0 radical (unpaired) electrons. The second kappa shape index (κ2) is 11.0. The minimum absolute atomic E-state index is 0.373. The standard InChI is InChI=1S/C24H29N5O2S2/c1-5-19-17(4)13-20(33-19)23-27-26-22(31-23)15-32-24-28-25-21(29(24)12-11-16(2)3)14-30-18-9-7-6-8-10-18/h6-10,13,16H,5,11-12,14-15H2,1-4H3. The molecule has 0 atom stereocenters. The van der Waals surface area contributed by atoms with Gasteiger partial charge in [0.2, 0.25) is 5.89 Å². The van der Waals surface area contributed by atoms with Crippen LogP contribution in [0.3, 0.4) is 0 Å². The average molecular weight is 484 g/mol. The van der Waals surface area contributed by atoms with Gasteiger partial charge in [0.05, 0.1) is 10.6 Å². The highest BCUT2D eigenvalue weighted by molar-refractivity contribution is 7.98. The van der Waals surface area contributed by atoms with Crippen molar-refractivity contribution in [2.24, 2.45) is 5.92 Å². The van der Waals surface area contributed by atoms with Crippen molar-refractivity contribution in [1.29, 1.82) is 0 Å². The van der Waals surface area contributed by atoms with Crippen molar-refractivity contribution in [3.63, 3.8) is 0 Å². The molecule has 0 aliphatic carbocycles. The zero-order valence-electron chi connectivity index (χ0n) is 19.4. The molecule has 0 unspecified atom stereocenters. The second-order valence-electron chi connectivity index (χ2n) is 8.19. The van der Waals surface area contributed by atoms with Crippen LogP contribution in [0.15, 0.2) is 46.0 Å². The molecule has 0 saturated heterocycles. The third-order valence-corrected chi connectivity index (χ3v) is 7.50. The summed E-state index contributed by atoms with van der Waals surface area (Å²) in [6.07, 6.45) is 2.04. The first-order valence-electron chi connectivity index (χ1n) is 11.2. The molecular formula is C24H29N5O2S2. The van der Waals surface area contributed by atoms with E-state index in [2.05, 4.69) is 58.7 Å². The highest BCUT2D eigenvalue weighted by Crippen LogP contribution is 2.32. The third kappa shape index (κ3) is 6.03. The number of hydrogen-bond donors (Lipinski definition) is 0. The predicted octanol–water partition coefficient (Wildman–Crippen LogP) is 6.18. The van der Waals surface area contributed by atoms with Gasteiger partial charge < -0.3 is 13.7 Å². The zero-order chi connectivity index (χ0) is 23.2. The molecule has 0 N–H and O–H groups in total. The molecule has 174 valence electrons. The molecule has 33 heavy (non-hydrogen) atoms. The lowest BCUT2D eigenvalue weighted by molar-refractivity contribution is 0.285. The van der Waals surface area contributed by atoms with Crippen LogP contribution in [0, 0.1) is 12.8 Å². The first kappa shape index (κ1) is 23.5. The van der Waals surface area contributed by atoms with Crippen molar-refractivity contribution in [3.05, 3.63) is 58.6 Å². The topological polar surface area (TPSA) is 78.9 Å². The van der Waals surface area contributed by atoms with E-state index in [0.717, 1.165) is 41.0 Å². The van der Waals surface area contributed by atoms with Crippen molar-refractivity contribution in [2.75, 3.05) is 0 Å². The largest absolute Gasteiger partial charge is 0.486 e. The smallest absolute Gasteiger partial charge is 0.257 e. The number of para-hydroxylation sites is 1. The molecule has 0 saturated carbocycles. The summed E-state index contributed by atoms with van der Waals surface area (Å²) >= 11 is 3.27. The van der Waals surface area contributed by atoms with Crippen LogP contribution in [-0.4, -0.2) is 25.0 Å². The van der Waals surface area contributed by atoms with Gasteiger partial charge in [-0.3, -0.25) is 0 Å². The Bertz CT molecular complexity index is 1170. The first-order chi connectivity index (χ1) is 16.0. The van der Waals surface area contributed by atoms with Crippen LogP contribution in [0.5, 0.6) is 5.75 Å². The van der Waals surface area contributed by atoms with Crippen LogP contribution in [0.4, 0.5) is 0 Å². The molecular weight excluding hydrogens is 454 g/mol. The highest BCUT2D eigenvalue weighted by Gasteiger charge is 2.17. The van der Waals surface area contributed by atoms with Gasteiger partial charge in [0.15, 0.2) is 11.0 Å². The van der Waals surface area contributed by atoms with Crippen molar-refractivity contribution >= 4 is 23.1 Å². The van der Waals surface area contributed by atoms with E-state index in [1.165, 1.54) is 10.4 Å². The Labute approximate surface area is 202 Å². The minimum atomic E-state index is 0.373. The fourth-order valence-corrected chi connectivity index (χ4v) is 5.18. The molecule has 0 aliphatic rings. The predicted molar refractivity (Wildman–Crippen MR) is 132 cm³/mol. The van der Waals surface area contributed by atoms with E-state index in [1.54, 1.807) is 23.1 Å². The van der Waals surface area contributed by atoms with E-state index < -0.39 is 0 Å². The van der Waals surface area contributed by atoms with Gasteiger partial charge in [-0.15, -0.1) is 31.7 Å². The number of aromatic nitrogens is 5. The summed E-state index contributed by atoms with van der Waals surface area (Å²) in [4.78, 5) is 2.37. The molecule has 3 heterocycles. The first-order valence-corrected chi connectivity index (χ1v) is 13.0. The van der Waals surface area contributed by atoms with Crippen molar-refractivity contribution < 1.29 is 9.15 Å². The van der Waals surface area contributed by atoms with Gasteiger partial charge in [-0.2, -0.15) is 0 Å². The summed E-state index contributed by atoms with van der Waals surface area (Å²) in [5.74, 6) is 3.91. The Morgan fingerprint density at radius 1 is 1.12 bits per heavy atom. The van der Waals surface area contributed by atoms with E-state index in [-0.39, 0.29) is 0 Å². The second-order valence-corrected chi connectivity index (χ2v) is 10.3. The lowest BCUT2D eigenvalue weighted by atomic mass is 10.1. The SMILES string of the molecule is CCc1sc(-c2nnc(CSc3nnc(COc4ccccc4)n3CCC(C)C)o2)cc1C. The Morgan fingerprint density at radius 2 is 1.94 bits per heavy atom. The monoisotopic (exact) mass is 483 g/mol. The fraction of sp³-hybridized carbons (Fsp3) is 0.417. The average Bonchev–Trinajstić information content (AvgIpc) is 3.53. The summed E-state index contributed by atoms with van der Waals surface area (Å²) in [6, 6.07) is 11.9. The number of hydrogen-bond acceptors (Lipinski definition) is 8. The molecule has 9 heteroatoms. The molecule has 0 spiro atoms. The number of ether oxygens (including phenoxy) is 1. The molecule has 4 rings (SSSR count). The van der Waals surface area contributed by atoms with Crippen molar-refractivity contribution in [1.82, 2.24) is 25.0 Å². The van der Waals surface area contributed by atoms with Crippen molar-refractivity contribution in [3.8, 4) is 16.5 Å². The van der Waals surface area contributed by atoms with Crippen LogP contribution in [0.2, 0.25) is 0 Å². The Kier molecular flexibility index (Phi) is 7.82. The molecule has 7 nitrogen and oxygen atoms in total. The Morgan fingerprint density at radius 3 is 2.67 bits per heavy atom. The highest BCUT2D eigenvalue weighted by atomic mass is 32.2. The van der Waals surface area contributed by atoms with Crippen molar-refractivity contribution in [2.45, 2.75) is 64.6 Å². The summed E-state index contributed by atoms with van der Waals surface area (Å²) < 4.78 is 14.0. The summed E-state index contributed by atoms with van der Waals surface area (Å²) in [6.45, 7) is 9.92. The van der Waals surface area contributed by atoms with Gasteiger partial charge in [0, 0.05) is 11.4 Å². The minimum Gasteiger partial charge on any atom is -0.486 e. The lowest BCUT2D eigenvalue weighted by Gasteiger charge is -2.12. The molecule has 0 bridgehead atoms. The van der Waals surface area contributed by atoms with E-state index >= 15 is 0 Å². The van der Waals surface area contributed by atoms with Crippen LogP contribution >= 0.6 is 23.1 Å². The number of benzene rings is 1. The summed E-state index contributed by atoms with van der Waals surface area (Å²) in [7, 11) is 0. The van der Waals surface area contributed by atoms with Crippen LogP contribution < -0.4 is 4.74 Å². The van der Waals surface area contributed by atoms with Gasteiger partial charge in [-0.05, 0) is 49.4 Å². The summed E-state index contributed by atoms with van der Waals surface area (Å²) in [5, 5.41) is 18.2. The van der Waals surface area contributed by atoms with E-state index in [1.807, 2.05) is 30.3 Å². The van der Waals surface area contributed by atoms with Gasteiger partial charge in [-0.1, -0.05) is 50.7 Å². The Hall–Kier alpha value is -2.65. The summed E-state index contributed by atoms with van der Waals surface area (Å²) in [5.41, 5.74) is 1.27. The number of rotatable bonds is 11. The number of thiophene rings is 1. The Balaban J connectivity index is 1.44. The van der Waals surface area contributed by atoms with Crippen LogP contribution in [0.25, 0.3) is 10.8 Å². The number of thioether (sulfide) groups is 1. The molecule has 1 aromatic carbocycles. The molecule has 4 aromatic rings. The molecule has 0 amide bonds. The fourth-order valence-electron chi connectivity index (χ4n) is 3.32. The van der Waals surface area contributed by atoms with Gasteiger partial charge in [0.25, 0.3) is 5.89 Å². The van der Waals surface area contributed by atoms with Crippen LogP contribution in [-0.2, 0) is 25.3 Å². The van der Waals surface area contributed by atoms with Crippen LogP contribution in [0.1, 0.15) is 49.3 Å². The maximum Gasteiger partial charge on any atom is 0.257 e. The molecule has 3 aromatic heterocycles. The van der Waals surface area contributed by atoms with Gasteiger partial charge in [-0.25, -0.2) is 0 Å². The zero-order valence-corrected chi connectivity index (χ0v) is 21.1. The maximum atomic E-state index is 5.94. The van der Waals surface area contributed by atoms with E-state index in [0.29, 0.717) is 30.1 Å². The maximum absolute atomic E-state index is 5.94.